The third-order valence-electron chi connectivity index (χ3n) is 4.26. The highest BCUT2D eigenvalue weighted by Crippen LogP contribution is 2.27. The van der Waals surface area contributed by atoms with Crippen LogP contribution in [0.15, 0.2) is 30.3 Å². The van der Waals surface area contributed by atoms with E-state index in [1.54, 1.807) is 0 Å². The van der Waals surface area contributed by atoms with Gasteiger partial charge in [0.25, 0.3) is 0 Å². The number of carbonyl (C=O) groups excluding carboxylic acids is 1. The van der Waals surface area contributed by atoms with Crippen LogP contribution >= 0.6 is 0 Å². The van der Waals surface area contributed by atoms with Gasteiger partial charge in [0.2, 0.25) is 5.91 Å². The summed E-state index contributed by atoms with van der Waals surface area (Å²) < 4.78 is 5.42. The number of nitrogens with zero attached hydrogens (tertiary/aromatic N) is 1. The summed E-state index contributed by atoms with van der Waals surface area (Å²) in [4.78, 5) is 14.7. The molecule has 20 heavy (non-hydrogen) atoms. The number of hydrogen-bond donors (Lipinski definition) is 1. The summed E-state index contributed by atoms with van der Waals surface area (Å²) >= 11 is 0. The fourth-order valence-electron chi connectivity index (χ4n) is 3.12. The van der Waals surface area contributed by atoms with Crippen LogP contribution in [0.3, 0.4) is 0 Å². The average molecular weight is 274 g/mol. The van der Waals surface area contributed by atoms with Crippen LogP contribution in [0, 0.1) is 5.92 Å². The molecule has 2 aliphatic heterocycles. The van der Waals surface area contributed by atoms with E-state index >= 15 is 0 Å². The minimum absolute atomic E-state index is 0.147. The number of nitrogens with one attached hydrogen (secondary N) is 1. The van der Waals surface area contributed by atoms with Crippen molar-refractivity contribution in [1.82, 2.24) is 10.2 Å². The molecular weight excluding hydrogens is 252 g/mol. The highest BCUT2D eigenvalue weighted by molar-refractivity contribution is 5.85. The third-order valence-corrected chi connectivity index (χ3v) is 4.26. The molecule has 3 atom stereocenters. The molecule has 3 rings (SSSR count). The SMILES string of the molecule is CCC1NC(c2ccccc2)C(=O)N1CC1CCOC1. The first-order chi connectivity index (χ1) is 9.79. The van der Waals surface area contributed by atoms with Crippen LogP contribution in [0.1, 0.15) is 31.4 Å². The lowest BCUT2D eigenvalue weighted by atomic mass is 10.1. The molecule has 2 heterocycles. The summed E-state index contributed by atoms with van der Waals surface area (Å²) in [6, 6.07) is 9.80. The van der Waals surface area contributed by atoms with Crippen molar-refractivity contribution in [3.8, 4) is 0 Å². The van der Waals surface area contributed by atoms with Gasteiger partial charge in [-0.2, -0.15) is 0 Å². The molecule has 1 aromatic carbocycles. The van der Waals surface area contributed by atoms with Gasteiger partial charge < -0.3 is 9.64 Å². The second kappa shape index (κ2) is 5.94. The Morgan fingerprint density at radius 3 is 2.80 bits per heavy atom. The molecule has 4 heteroatoms. The quantitative estimate of drug-likeness (QED) is 0.912. The second-order valence-electron chi connectivity index (χ2n) is 5.65. The lowest BCUT2D eigenvalue weighted by Gasteiger charge is -2.25. The Balaban J connectivity index is 1.74. The van der Waals surface area contributed by atoms with Gasteiger partial charge in [0.15, 0.2) is 0 Å². The zero-order chi connectivity index (χ0) is 13.9. The maximum Gasteiger partial charge on any atom is 0.245 e. The first kappa shape index (κ1) is 13.6. The molecule has 2 aliphatic rings. The summed E-state index contributed by atoms with van der Waals surface area (Å²) in [6.45, 7) is 4.55. The van der Waals surface area contributed by atoms with E-state index in [1.807, 2.05) is 35.2 Å². The topological polar surface area (TPSA) is 41.6 Å². The van der Waals surface area contributed by atoms with Crippen molar-refractivity contribution in [1.29, 1.82) is 0 Å². The lowest BCUT2D eigenvalue weighted by Crippen LogP contribution is -2.40. The van der Waals surface area contributed by atoms with E-state index < -0.39 is 0 Å². The molecule has 0 aliphatic carbocycles. The van der Waals surface area contributed by atoms with E-state index in [-0.39, 0.29) is 18.1 Å². The van der Waals surface area contributed by atoms with Crippen molar-refractivity contribution < 1.29 is 9.53 Å². The number of amides is 1. The number of hydrogen-bond acceptors (Lipinski definition) is 3. The minimum Gasteiger partial charge on any atom is -0.381 e. The van der Waals surface area contributed by atoms with Crippen molar-refractivity contribution in [2.24, 2.45) is 5.92 Å². The molecule has 2 fully saturated rings. The van der Waals surface area contributed by atoms with E-state index in [1.165, 1.54) is 0 Å². The number of ether oxygens (including phenoxy) is 1. The van der Waals surface area contributed by atoms with Crippen molar-refractivity contribution >= 4 is 5.91 Å². The second-order valence-corrected chi connectivity index (χ2v) is 5.65. The Hall–Kier alpha value is -1.39. The summed E-state index contributed by atoms with van der Waals surface area (Å²) in [5.41, 5.74) is 1.06. The van der Waals surface area contributed by atoms with Crippen molar-refractivity contribution in [3.05, 3.63) is 35.9 Å². The number of carbonyl (C=O) groups is 1. The Morgan fingerprint density at radius 1 is 1.35 bits per heavy atom. The van der Waals surface area contributed by atoms with Gasteiger partial charge >= 0.3 is 0 Å². The zero-order valence-corrected chi connectivity index (χ0v) is 11.9. The maximum atomic E-state index is 12.7. The minimum atomic E-state index is -0.191. The first-order valence-corrected chi connectivity index (χ1v) is 7.48. The Bertz CT molecular complexity index is 457. The predicted octanol–water partition coefficient (Wildman–Crippen LogP) is 1.93. The lowest BCUT2D eigenvalue weighted by molar-refractivity contribution is -0.130. The largest absolute Gasteiger partial charge is 0.381 e. The van der Waals surface area contributed by atoms with E-state index in [4.69, 9.17) is 4.74 Å². The molecule has 1 amide bonds. The predicted molar refractivity (Wildman–Crippen MR) is 77.0 cm³/mol. The van der Waals surface area contributed by atoms with Crippen LogP contribution in [0.4, 0.5) is 0 Å². The van der Waals surface area contributed by atoms with Gasteiger partial charge in [-0.25, -0.2) is 0 Å². The van der Waals surface area contributed by atoms with Gasteiger partial charge in [0.1, 0.15) is 6.04 Å². The van der Waals surface area contributed by atoms with Gasteiger partial charge in [-0.1, -0.05) is 37.3 Å². The van der Waals surface area contributed by atoms with E-state index in [9.17, 15) is 4.79 Å². The normalized spacial score (nSPS) is 30.1. The maximum absolute atomic E-state index is 12.7. The summed E-state index contributed by atoms with van der Waals surface area (Å²) in [5, 5.41) is 3.47. The molecule has 0 radical (unpaired) electrons. The molecule has 0 aromatic heterocycles. The van der Waals surface area contributed by atoms with Gasteiger partial charge in [0.05, 0.1) is 12.8 Å². The molecule has 3 unspecified atom stereocenters. The van der Waals surface area contributed by atoms with Crippen LogP contribution in [0.25, 0.3) is 0 Å². The van der Waals surface area contributed by atoms with Crippen LogP contribution in [0.5, 0.6) is 0 Å². The molecule has 0 saturated carbocycles. The number of rotatable bonds is 4. The first-order valence-electron chi connectivity index (χ1n) is 7.48. The van der Waals surface area contributed by atoms with E-state index in [2.05, 4.69) is 12.2 Å². The smallest absolute Gasteiger partial charge is 0.245 e. The van der Waals surface area contributed by atoms with Gasteiger partial charge in [-0.05, 0) is 18.4 Å². The van der Waals surface area contributed by atoms with Crippen molar-refractivity contribution in [3.63, 3.8) is 0 Å². The molecule has 0 bridgehead atoms. The molecule has 4 nitrogen and oxygen atoms in total. The highest BCUT2D eigenvalue weighted by Gasteiger charge is 2.39. The summed E-state index contributed by atoms with van der Waals surface area (Å²) in [6.07, 6.45) is 2.15. The van der Waals surface area contributed by atoms with Gasteiger partial charge in [-0.15, -0.1) is 0 Å². The van der Waals surface area contributed by atoms with Crippen molar-refractivity contribution in [2.45, 2.75) is 32.0 Å². The van der Waals surface area contributed by atoms with Gasteiger partial charge in [0, 0.05) is 19.1 Å². The van der Waals surface area contributed by atoms with Gasteiger partial charge in [-0.3, -0.25) is 10.1 Å². The zero-order valence-electron chi connectivity index (χ0n) is 11.9. The van der Waals surface area contributed by atoms with E-state index in [0.29, 0.717) is 5.92 Å². The fourth-order valence-corrected chi connectivity index (χ4v) is 3.12. The molecule has 2 saturated heterocycles. The Morgan fingerprint density at radius 2 is 2.15 bits per heavy atom. The summed E-state index contributed by atoms with van der Waals surface area (Å²) in [7, 11) is 0. The standard InChI is InChI=1S/C16H22N2O2/c1-2-14-17-15(13-6-4-3-5-7-13)16(19)18(14)10-12-8-9-20-11-12/h3-7,12,14-15,17H,2,8-11H2,1H3. The molecule has 1 aromatic rings. The Labute approximate surface area is 120 Å². The highest BCUT2D eigenvalue weighted by atomic mass is 16.5. The van der Waals surface area contributed by atoms with Crippen molar-refractivity contribution in [2.75, 3.05) is 19.8 Å². The van der Waals surface area contributed by atoms with Crippen LogP contribution in [0.2, 0.25) is 0 Å². The fraction of sp³-hybridized carbons (Fsp3) is 0.562. The molecule has 108 valence electrons. The third kappa shape index (κ3) is 2.58. The average Bonchev–Trinajstić information content (AvgIpc) is 3.10. The molecular formula is C16H22N2O2. The van der Waals surface area contributed by atoms with Crippen LogP contribution < -0.4 is 5.32 Å². The summed E-state index contributed by atoms with van der Waals surface area (Å²) in [5.74, 6) is 0.694. The van der Waals surface area contributed by atoms with Crippen LogP contribution in [-0.4, -0.2) is 36.7 Å². The molecule has 1 N–H and O–H groups in total. The Kier molecular flexibility index (Phi) is 4.03. The monoisotopic (exact) mass is 274 g/mol. The van der Waals surface area contributed by atoms with Crippen LogP contribution in [-0.2, 0) is 9.53 Å². The number of benzene rings is 1. The molecule has 0 spiro atoms. The van der Waals surface area contributed by atoms with E-state index in [0.717, 1.165) is 38.2 Å².